The predicted octanol–water partition coefficient (Wildman–Crippen LogP) is 0.766. The van der Waals surface area contributed by atoms with Crippen LogP contribution in [0.5, 0.6) is 5.75 Å². The number of carboxylic acid groups (broad SMARTS) is 1. The minimum atomic E-state index is -1.07. The largest absolute Gasteiger partial charge is 0.550 e. The smallest absolute Gasteiger partial charge is 0.119 e. The molecule has 3 heteroatoms. The van der Waals surface area contributed by atoms with Gasteiger partial charge in [0.15, 0.2) is 0 Å². The molecule has 0 N–H and O–H groups in total. The third kappa shape index (κ3) is 3.47. The van der Waals surface area contributed by atoms with Crippen molar-refractivity contribution >= 4 is 5.97 Å². The summed E-state index contributed by atoms with van der Waals surface area (Å²) in [5, 5.41) is 10.3. The highest BCUT2D eigenvalue weighted by atomic mass is 16.5. The lowest BCUT2D eigenvalue weighted by Crippen LogP contribution is -2.24. The summed E-state index contributed by atoms with van der Waals surface area (Å²) in [4.78, 5) is 10.3. The van der Waals surface area contributed by atoms with Gasteiger partial charge in [-0.15, -0.1) is 0 Å². The van der Waals surface area contributed by atoms with E-state index in [1.54, 1.807) is 24.3 Å². The minimum Gasteiger partial charge on any atom is -0.550 e. The molecule has 0 saturated heterocycles. The van der Waals surface area contributed by atoms with Gasteiger partial charge in [0.05, 0.1) is 6.10 Å². The molecule has 0 aliphatic carbocycles. The molecular formula is C11H13O3-. The fraction of sp³-hybridized carbons (Fsp3) is 0.364. The van der Waals surface area contributed by atoms with Gasteiger partial charge in [0.2, 0.25) is 0 Å². The molecule has 14 heavy (non-hydrogen) atoms. The lowest BCUT2D eigenvalue weighted by molar-refractivity contribution is -0.304. The maximum atomic E-state index is 10.3. The summed E-state index contributed by atoms with van der Waals surface area (Å²) >= 11 is 0. The van der Waals surface area contributed by atoms with Gasteiger partial charge in [-0.25, -0.2) is 0 Å². The van der Waals surface area contributed by atoms with Crippen molar-refractivity contribution in [2.45, 2.75) is 26.4 Å². The highest BCUT2D eigenvalue weighted by molar-refractivity contribution is 5.67. The first-order chi connectivity index (χ1) is 6.58. The van der Waals surface area contributed by atoms with Crippen LogP contribution < -0.4 is 9.84 Å². The van der Waals surface area contributed by atoms with E-state index < -0.39 is 5.97 Å². The van der Waals surface area contributed by atoms with Crippen LogP contribution in [0.1, 0.15) is 19.4 Å². The van der Waals surface area contributed by atoms with Gasteiger partial charge in [0.1, 0.15) is 5.75 Å². The van der Waals surface area contributed by atoms with E-state index in [1.165, 1.54) is 0 Å². The molecule has 0 aliphatic rings. The fourth-order valence-corrected chi connectivity index (χ4v) is 1.12. The van der Waals surface area contributed by atoms with Crippen molar-refractivity contribution < 1.29 is 14.6 Å². The lowest BCUT2D eigenvalue weighted by atomic mass is 10.1. The summed E-state index contributed by atoms with van der Waals surface area (Å²) in [6.07, 6.45) is 0.0732. The monoisotopic (exact) mass is 193 g/mol. The number of ether oxygens (including phenoxy) is 1. The van der Waals surface area contributed by atoms with Gasteiger partial charge in [-0.3, -0.25) is 0 Å². The maximum Gasteiger partial charge on any atom is 0.119 e. The molecule has 0 radical (unpaired) electrons. The van der Waals surface area contributed by atoms with E-state index in [1.807, 2.05) is 13.8 Å². The predicted molar refractivity (Wildman–Crippen MR) is 50.9 cm³/mol. The zero-order valence-corrected chi connectivity index (χ0v) is 8.32. The van der Waals surface area contributed by atoms with Crippen molar-refractivity contribution in [3.05, 3.63) is 29.8 Å². The first-order valence-corrected chi connectivity index (χ1v) is 4.53. The van der Waals surface area contributed by atoms with E-state index in [0.717, 1.165) is 11.3 Å². The van der Waals surface area contributed by atoms with Crippen LogP contribution in [0, 0.1) is 0 Å². The minimum absolute atomic E-state index is 0.0536. The summed E-state index contributed by atoms with van der Waals surface area (Å²) in [5.41, 5.74) is 0.723. The van der Waals surface area contributed by atoms with Crippen LogP contribution in [0.2, 0.25) is 0 Å². The molecule has 0 saturated carbocycles. The molecule has 76 valence electrons. The molecular weight excluding hydrogens is 180 g/mol. The second-order valence-corrected chi connectivity index (χ2v) is 3.36. The van der Waals surface area contributed by atoms with Crippen molar-refractivity contribution in [2.75, 3.05) is 0 Å². The molecule has 3 nitrogen and oxygen atoms in total. The van der Waals surface area contributed by atoms with Gasteiger partial charge < -0.3 is 14.6 Å². The number of aliphatic carboxylic acids is 1. The zero-order valence-electron chi connectivity index (χ0n) is 8.32. The van der Waals surface area contributed by atoms with Crippen LogP contribution in [0.3, 0.4) is 0 Å². The van der Waals surface area contributed by atoms with E-state index in [0.29, 0.717) is 0 Å². The molecule has 1 rings (SSSR count). The van der Waals surface area contributed by atoms with E-state index >= 15 is 0 Å². The second-order valence-electron chi connectivity index (χ2n) is 3.36. The first-order valence-electron chi connectivity index (χ1n) is 4.53. The van der Waals surface area contributed by atoms with Crippen LogP contribution in [0.15, 0.2) is 24.3 Å². The quantitative estimate of drug-likeness (QED) is 0.709. The van der Waals surface area contributed by atoms with Crippen molar-refractivity contribution in [1.82, 2.24) is 0 Å². The van der Waals surface area contributed by atoms with Gasteiger partial charge in [0.25, 0.3) is 0 Å². The normalized spacial score (nSPS) is 10.2. The molecule has 0 fully saturated rings. The third-order valence-corrected chi connectivity index (χ3v) is 1.64. The number of rotatable bonds is 4. The van der Waals surface area contributed by atoms with E-state index in [2.05, 4.69) is 0 Å². The van der Waals surface area contributed by atoms with Crippen LogP contribution >= 0.6 is 0 Å². The van der Waals surface area contributed by atoms with Gasteiger partial charge in [-0.05, 0) is 31.5 Å². The average molecular weight is 193 g/mol. The highest BCUT2D eigenvalue weighted by Gasteiger charge is 1.98. The number of benzene rings is 1. The SMILES string of the molecule is CC(C)Oc1ccc(CC(=O)[O-])cc1. The van der Waals surface area contributed by atoms with Crippen LogP contribution in [-0.2, 0) is 11.2 Å². The van der Waals surface area contributed by atoms with Crippen molar-refractivity contribution in [3.63, 3.8) is 0 Å². The highest BCUT2D eigenvalue weighted by Crippen LogP contribution is 2.13. The molecule has 0 amide bonds. The Bertz CT molecular complexity index is 301. The molecule has 0 aliphatic heterocycles. The van der Waals surface area contributed by atoms with Crippen molar-refractivity contribution in [2.24, 2.45) is 0 Å². The molecule has 0 unspecified atom stereocenters. The number of hydrogen-bond acceptors (Lipinski definition) is 3. The fourth-order valence-electron chi connectivity index (χ4n) is 1.12. The Balaban J connectivity index is 2.63. The number of carbonyl (C=O) groups is 1. The van der Waals surface area contributed by atoms with Crippen LogP contribution in [0.25, 0.3) is 0 Å². The molecule has 0 bridgehead atoms. The molecule has 0 atom stereocenters. The molecule has 0 spiro atoms. The van der Waals surface area contributed by atoms with E-state index in [4.69, 9.17) is 4.74 Å². The first kappa shape index (κ1) is 10.6. The molecule has 0 aromatic heterocycles. The Morgan fingerprint density at radius 2 is 1.93 bits per heavy atom. The summed E-state index contributed by atoms with van der Waals surface area (Å²) in [7, 11) is 0. The van der Waals surface area contributed by atoms with E-state index in [9.17, 15) is 9.90 Å². The summed E-state index contributed by atoms with van der Waals surface area (Å²) in [6, 6.07) is 6.98. The standard InChI is InChI=1S/C11H14O3/c1-8(2)14-10-5-3-9(4-6-10)7-11(12)13/h3-6,8H,7H2,1-2H3,(H,12,13)/p-1. The van der Waals surface area contributed by atoms with Crippen LogP contribution in [0.4, 0.5) is 0 Å². The zero-order chi connectivity index (χ0) is 10.6. The summed E-state index contributed by atoms with van der Waals surface area (Å²) in [6.45, 7) is 3.88. The van der Waals surface area contributed by atoms with E-state index in [-0.39, 0.29) is 12.5 Å². The molecule has 0 heterocycles. The summed E-state index contributed by atoms with van der Waals surface area (Å²) in [5.74, 6) is -0.315. The number of carboxylic acids is 1. The van der Waals surface area contributed by atoms with Gasteiger partial charge in [-0.2, -0.15) is 0 Å². The maximum absolute atomic E-state index is 10.3. The van der Waals surface area contributed by atoms with Crippen LogP contribution in [-0.4, -0.2) is 12.1 Å². The third-order valence-electron chi connectivity index (χ3n) is 1.64. The Labute approximate surface area is 83.3 Å². The Morgan fingerprint density at radius 1 is 1.36 bits per heavy atom. The topological polar surface area (TPSA) is 49.4 Å². The number of hydrogen-bond donors (Lipinski definition) is 0. The number of carbonyl (C=O) groups excluding carboxylic acids is 1. The lowest BCUT2D eigenvalue weighted by Gasteiger charge is -2.10. The Morgan fingerprint density at radius 3 is 2.36 bits per heavy atom. The average Bonchev–Trinajstić information content (AvgIpc) is 2.06. The van der Waals surface area contributed by atoms with Gasteiger partial charge in [0, 0.05) is 12.4 Å². The Hall–Kier alpha value is -1.51. The second kappa shape index (κ2) is 4.65. The molecule has 1 aromatic rings. The Kier molecular flexibility index (Phi) is 3.51. The van der Waals surface area contributed by atoms with Gasteiger partial charge >= 0.3 is 0 Å². The van der Waals surface area contributed by atoms with Gasteiger partial charge in [-0.1, -0.05) is 12.1 Å². The molecule has 1 aromatic carbocycles. The van der Waals surface area contributed by atoms with Crippen molar-refractivity contribution in [3.8, 4) is 5.75 Å². The summed E-state index contributed by atoms with van der Waals surface area (Å²) < 4.78 is 5.41. The van der Waals surface area contributed by atoms with Crippen molar-refractivity contribution in [1.29, 1.82) is 0 Å².